The molecule has 3 nitrogen and oxygen atoms in total. The molecule has 2 aromatic rings. The summed E-state index contributed by atoms with van der Waals surface area (Å²) < 4.78 is 0. The molecule has 0 saturated heterocycles. The summed E-state index contributed by atoms with van der Waals surface area (Å²) in [7, 11) is 0. The second-order valence-electron chi connectivity index (χ2n) is 3.02. The van der Waals surface area contributed by atoms with Crippen LogP contribution < -0.4 is 5.56 Å². The number of hydrogen-bond acceptors (Lipinski definition) is 2. The SMILES string of the molecule is O=c1[nH]cc(O)c2ccc(CCl)cc12. The van der Waals surface area contributed by atoms with Crippen molar-refractivity contribution >= 4 is 22.4 Å². The van der Waals surface area contributed by atoms with Crippen LogP contribution in [0.5, 0.6) is 5.75 Å². The number of alkyl halides is 1. The molecule has 2 rings (SSSR count). The first-order chi connectivity index (χ1) is 6.72. The van der Waals surface area contributed by atoms with Crippen molar-refractivity contribution in [3.8, 4) is 5.75 Å². The van der Waals surface area contributed by atoms with E-state index in [9.17, 15) is 9.90 Å². The van der Waals surface area contributed by atoms with Crippen LogP contribution in [0, 0.1) is 0 Å². The lowest BCUT2D eigenvalue weighted by atomic mass is 10.1. The van der Waals surface area contributed by atoms with Crippen molar-refractivity contribution in [2.24, 2.45) is 0 Å². The van der Waals surface area contributed by atoms with Crippen LogP contribution in [-0.2, 0) is 5.88 Å². The fourth-order valence-corrected chi connectivity index (χ4v) is 1.54. The van der Waals surface area contributed by atoms with Gasteiger partial charge in [0.05, 0.1) is 5.39 Å². The van der Waals surface area contributed by atoms with E-state index in [0.717, 1.165) is 5.56 Å². The lowest BCUT2D eigenvalue weighted by molar-refractivity contribution is 0.479. The van der Waals surface area contributed by atoms with E-state index in [0.29, 0.717) is 16.7 Å². The van der Waals surface area contributed by atoms with Gasteiger partial charge in [0, 0.05) is 17.5 Å². The van der Waals surface area contributed by atoms with Crippen molar-refractivity contribution in [2.75, 3.05) is 0 Å². The lowest BCUT2D eigenvalue weighted by Crippen LogP contribution is -2.04. The predicted octanol–water partition coefficient (Wildman–Crippen LogP) is 1.97. The third-order valence-electron chi connectivity index (χ3n) is 2.10. The minimum atomic E-state index is -0.218. The Morgan fingerprint density at radius 2 is 2.14 bits per heavy atom. The molecular weight excluding hydrogens is 202 g/mol. The van der Waals surface area contributed by atoms with Crippen LogP contribution in [0.25, 0.3) is 10.8 Å². The summed E-state index contributed by atoms with van der Waals surface area (Å²) in [5.41, 5.74) is 0.639. The Kier molecular flexibility index (Phi) is 2.17. The Balaban J connectivity index is 2.87. The molecule has 0 atom stereocenters. The van der Waals surface area contributed by atoms with Crippen molar-refractivity contribution in [3.05, 3.63) is 40.3 Å². The van der Waals surface area contributed by atoms with Crippen molar-refractivity contribution in [3.63, 3.8) is 0 Å². The molecule has 72 valence electrons. The number of hydrogen-bond donors (Lipinski definition) is 2. The Labute approximate surface area is 85.0 Å². The summed E-state index contributed by atoms with van der Waals surface area (Å²) >= 11 is 5.64. The largest absolute Gasteiger partial charge is 0.506 e. The molecule has 1 aromatic heterocycles. The van der Waals surface area contributed by atoms with Crippen molar-refractivity contribution < 1.29 is 5.11 Å². The van der Waals surface area contributed by atoms with E-state index in [-0.39, 0.29) is 11.3 Å². The zero-order valence-corrected chi connectivity index (χ0v) is 8.01. The highest BCUT2D eigenvalue weighted by Crippen LogP contribution is 2.21. The first kappa shape index (κ1) is 9.09. The number of pyridine rings is 1. The molecule has 0 fully saturated rings. The van der Waals surface area contributed by atoms with E-state index in [1.165, 1.54) is 6.20 Å². The number of benzene rings is 1. The summed E-state index contributed by atoms with van der Waals surface area (Å²) in [6, 6.07) is 5.16. The van der Waals surface area contributed by atoms with Gasteiger partial charge in [-0.05, 0) is 11.6 Å². The topological polar surface area (TPSA) is 53.1 Å². The van der Waals surface area contributed by atoms with Crippen LogP contribution in [0.4, 0.5) is 0 Å². The van der Waals surface area contributed by atoms with Gasteiger partial charge >= 0.3 is 0 Å². The number of aromatic amines is 1. The molecule has 0 saturated carbocycles. The third-order valence-corrected chi connectivity index (χ3v) is 2.41. The number of aromatic hydroxyl groups is 1. The van der Waals surface area contributed by atoms with Gasteiger partial charge < -0.3 is 10.1 Å². The number of nitrogens with one attached hydrogen (secondary N) is 1. The summed E-state index contributed by atoms with van der Waals surface area (Å²) in [6.45, 7) is 0. The van der Waals surface area contributed by atoms with Gasteiger partial charge in [-0.3, -0.25) is 4.79 Å². The first-order valence-electron chi connectivity index (χ1n) is 4.11. The minimum absolute atomic E-state index is 0.0701. The van der Waals surface area contributed by atoms with Crippen LogP contribution >= 0.6 is 11.6 Å². The van der Waals surface area contributed by atoms with Gasteiger partial charge in [-0.2, -0.15) is 0 Å². The van der Waals surface area contributed by atoms with E-state index in [1.807, 2.05) is 0 Å². The normalized spacial score (nSPS) is 10.6. The molecule has 1 heterocycles. The monoisotopic (exact) mass is 209 g/mol. The summed E-state index contributed by atoms with van der Waals surface area (Å²) in [4.78, 5) is 13.8. The van der Waals surface area contributed by atoms with Crippen LogP contribution in [-0.4, -0.2) is 10.1 Å². The Morgan fingerprint density at radius 1 is 1.36 bits per heavy atom. The molecule has 0 aliphatic rings. The first-order valence-corrected chi connectivity index (χ1v) is 4.65. The molecule has 4 heteroatoms. The number of halogens is 1. The standard InChI is InChI=1S/C10H8ClNO2/c11-4-6-1-2-7-8(3-6)10(14)12-5-9(7)13/h1-3,5,13H,4H2,(H,12,14). The summed E-state index contributed by atoms with van der Waals surface area (Å²) in [6.07, 6.45) is 1.28. The maximum absolute atomic E-state index is 11.4. The van der Waals surface area contributed by atoms with Crippen LogP contribution in [0.1, 0.15) is 5.56 Å². The van der Waals surface area contributed by atoms with Crippen LogP contribution in [0.2, 0.25) is 0 Å². The van der Waals surface area contributed by atoms with Crippen LogP contribution in [0.3, 0.4) is 0 Å². The Bertz CT molecular complexity index is 533. The lowest BCUT2D eigenvalue weighted by Gasteiger charge is -2.01. The smallest absolute Gasteiger partial charge is 0.256 e. The van der Waals surface area contributed by atoms with Crippen molar-refractivity contribution in [1.29, 1.82) is 0 Å². The van der Waals surface area contributed by atoms with Crippen LogP contribution in [0.15, 0.2) is 29.2 Å². The molecular formula is C10H8ClNO2. The summed E-state index contributed by atoms with van der Waals surface area (Å²) in [5, 5.41) is 10.5. The van der Waals surface area contributed by atoms with E-state index < -0.39 is 0 Å². The average Bonchev–Trinajstić information content (AvgIpc) is 2.23. The maximum atomic E-state index is 11.4. The molecule has 0 bridgehead atoms. The quantitative estimate of drug-likeness (QED) is 0.706. The van der Waals surface area contributed by atoms with E-state index in [4.69, 9.17) is 11.6 Å². The number of rotatable bonds is 1. The maximum Gasteiger partial charge on any atom is 0.256 e. The Hall–Kier alpha value is -1.48. The zero-order chi connectivity index (χ0) is 10.1. The molecule has 0 amide bonds. The van der Waals surface area contributed by atoms with Gasteiger partial charge in [0.1, 0.15) is 5.75 Å². The molecule has 14 heavy (non-hydrogen) atoms. The second kappa shape index (κ2) is 3.35. The highest BCUT2D eigenvalue weighted by atomic mass is 35.5. The van der Waals surface area contributed by atoms with Crippen molar-refractivity contribution in [1.82, 2.24) is 4.98 Å². The average molecular weight is 210 g/mol. The van der Waals surface area contributed by atoms with Crippen molar-refractivity contribution in [2.45, 2.75) is 5.88 Å². The molecule has 0 spiro atoms. The number of aromatic nitrogens is 1. The van der Waals surface area contributed by atoms with E-state index >= 15 is 0 Å². The van der Waals surface area contributed by atoms with Gasteiger partial charge in [-0.25, -0.2) is 0 Å². The number of H-pyrrole nitrogens is 1. The van der Waals surface area contributed by atoms with Gasteiger partial charge in [-0.15, -0.1) is 11.6 Å². The molecule has 0 aliphatic heterocycles. The molecule has 0 aliphatic carbocycles. The highest BCUT2D eigenvalue weighted by molar-refractivity contribution is 6.17. The summed E-state index contributed by atoms with van der Waals surface area (Å²) in [5.74, 6) is 0.422. The van der Waals surface area contributed by atoms with Gasteiger partial charge in [0.25, 0.3) is 5.56 Å². The van der Waals surface area contributed by atoms with Gasteiger partial charge in [0.15, 0.2) is 0 Å². The van der Waals surface area contributed by atoms with E-state index in [2.05, 4.69) is 4.98 Å². The second-order valence-corrected chi connectivity index (χ2v) is 3.28. The number of fused-ring (bicyclic) bond motifs is 1. The third kappa shape index (κ3) is 1.36. The molecule has 0 radical (unpaired) electrons. The fraction of sp³-hybridized carbons (Fsp3) is 0.100. The predicted molar refractivity (Wildman–Crippen MR) is 55.8 cm³/mol. The highest BCUT2D eigenvalue weighted by Gasteiger charge is 2.03. The van der Waals surface area contributed by atoms with Gasteiger partial charge in [-0.1, -0.05) is 12.1 Å². The Morgan fingerprint density at radius 3 is 2.86 bits per heavy atom. The molecule has 0 unspecified atom stereocenters. The zero-order valence-electron chi connectivity index (χ0n) is 7.25. The molecule has 1 aromatic carbocycles. The molecule has 2 N–H and O–H groups in total. The van der Waals surface area contributed by atoms with Gasteiger partial charge in [0.2, 0.25) is 0 Å². The minimum Gasteiger partial charge on any atom is -0.506 e. The van der Waals surface area contributed by atoms with E-state index in [1.54, 1.807) is 18.2 Å². The fourth-order valence-electron chi connectivity index (χ4n) is 1.38.